The van der Waals surface area contributed by atoms with Crippen LogP contribution in [0.2, 0.25) is 0 Å². The monoisotopic (exact) mass is 237 g/mol. The Bertz CT molecular complexity index is 488. The van der Waals surface area contributed by atoms with Crippen molar-refractivity contribution >= 4 is 11.5 Å². The molecule has 2 N–H and O–H groups in total. The maximum absolute atomic E-state index is 10.7. The summed E-state index contributed by atoms with van der Waals surface area (Å²) in [5.74, 6) is 0.827. The van der Waals surface area contributed by atoms with Crippen molar-refractivity contribution in [2.75, 3.05) is 14.2 Å². The van der Waals surface area contributed by atoms with Gasteiger partial charge in [-0.05, 0) is 12.1 Å². The lowest BCUT2D eigenvalue weighted by Gasteiger charge is -2.12. The number of nitro groups is 1. The fraction of sp³-hybridized carbons (Fsp3) is 0.222. The van der Waals surface area contributed by atoms with E-state index in [-0.39, 0.29) is 11.4 Å². The van der Waals surface area contributed by atoms with E-state index < -0.39 is 4.92 Å². The van der Waals surface area contributed by atoms with Gasteiger partial charge in [0.15, 0.2) is 11.6 Å². The van der Waals surface area contributed by atoms with Gasteiger partial charge < -0.3 is 4.74 Å². The van der Waals surface area contributed by atoms with Gasteiger partial charge in [0.05, 0.1) is 12.0 Å². The van der Waals surface area contributed by atoms with Gasteiger partial charge in [0.25, 0.3) is 0 Å². The maximum Gasteiger partial charge on any atom is 0.310 e. The SMILES string of the molecule is COc1cc(C2=NNNN2C)ccc1[N+](=O)[O-]. The normalized spacial score (nSPS) is 14.2. The van der Waals surface area contributed by atoms with Gasteiger partial charge in [0.2, 0.25) is 0 Å². The van der Waals surface area contributed by atoms with Crippen molar-refractivity contribution in [3.63, 3.8) is 0 Å². The zero-order chi connectivity index (χ0) is 12.4. The van der Waals surface area contributed by atoms with Crippen molar-refractivity contribution < 1.29 is 9.66 Å². The highest BCUT2D eigenvalue weighted by molar-refractivity contribution is 5.99. The van der Waals surface area contributed by atoms with Crippen LogP contribution in [0.4, 0.5) is 5.69 Å². The number of hydrogen-bond donors (Lipinski definition) is 2. The topological polar surface area (TPSA) is 92.0 Å². The van der Waals surface area contributed by atoms with Crippen LogP contribution in [0.15, 0.2) is 23.3 Å². The third-order valence-corrected chi connectivity index (χ3v) is 2.33. The van der Waals surface area contributed by atoms with E-state index >= 15 is 0 Å². The van der Waals surface area contributed by atoms with Crippen molar-refractivity contribution in [1.29, 1.82) is 0 Å². The molecule has 1 aliphatic heterocycles. The summed E-state index contributed by atoms with van der Waals surface area (Å²) >= 11 is 0. The molecule has 0 aliphatic carbocycles. The number of nitrogens with zero attached hydrogens (tertiary/aromatic N) is 3. The van der Waals surface area contributed by atoms with Crippen molar-refractivity contribution in [3.05, 3.63) is 33.9 Å². The number of benzene rings is 1. The van der Waals surface area contributed by atoms with Gasteiger partial charge in [0, 0.05) is 18.7 Å². The summed E-state index contributed by atoms with van der Waals surface area (Å²) < 4.78 is 4.99. The van der Waals surface area contributed by atoms with E-state index in [0.29, 0.717) is 11.4 Å². The smallest absolute Gasteiger partial charge is 0.310 e. The summed E-state index contributed by atoms with van der Waals surface area (Å²) in [6.07, 6.45) is 0. The van der Waals surface area contributed by atoms with Crippen LogP contribution in [0, 0.1) is 10.1 Å². The largest absolute Gasteiger partial charge is 0.490 e. The summed E-state index contributed by atoms with van der Waals surface area (Å²) in [6.45, 7) is 0. The Kier molecular flexibility index (Phi) is 2.79. The molecular formula is C9H11N5O3. The molecule has 0 spiro atoms. The number of nitrogens with one attached hydrogen (secondary N) is 2. The third kappa shape index (κ3) is 1.97. The van der Waals surface area contributed by atoms with Crippen LogP contribution in [0.5, 0.6) is 5.75 Å². The predicted molar refractivity (Wildman–Crippen MR) is 60.2 cm³/mol. The first-order chi connectivity index (χ1) is 8.13. The van der Waals surface area contributed by atoms with Crippen LogP contribution in [0.25, 0.3) is 0 Å². The summed E-state index contributed by atoms with van der Waals surface area (Å²) in [5.41, 5.74) is 5.98. The number of rotatable bonds is 3. The van der Waals surface area contributed by atoms with Crippen LogP contribution in [0.3, 0.4) is 0 Å². The number of hydrazone groups is 1. The molecule has 1 heterocycles. The van der Waals surface area contributed by atoms with Crippen molar-refractivity contribution in [1.82, 2.24) is 16.1 Å². The molecule has 0 saturated heterocycles. The quantitative estimate of drug-likeness (QED) is 0.577. The second-order valence-electron chi connectivity index (χ2n) is 3.36. The van der Waals surface area contributed by atoms with E-state index in [9.17, 15) is 10.1 Å². The number of hydrazine groups is 2. The lowest BCUT2D eigenvalue weighted by Crippen LogP contribution is -2.37. The molecule has 0 unspecified atom stereocenters. The molecule has 8 nitrogen and oxygen atoms in total. The highest BCUT2D eigenvalue weighted by Gasteiger charge is 2.20. The minimum absolute atomic E-state index is 0.0709. The summed E-state index contributed by atoms with van der Waals surface area (Å²) in [4.78, 5) is 10.3. The van der Waals surface area contributed by atoms with E-state index in [1.807, 2.05) is 0 Å². The Labute approximate surface area is 97.0 Å². The lowest BCUT2D eigenvalue weighted by atomic mass is 10.1. The molecular weight excluding hydrogens is 226 g/mol. The van der Waals surface area contributed by atoms with Crippen molar-refractivity contribution in [2.24, 2.45) is 5.10 Å². The average Bonchev–Trinajstić information content (AvgIpc) is 2.74. The van der Waals surface area contributed by atoms with Gasteiger partial charge in [0.1, 0.15) is 0 Å². The number of ether oxygens (including phenoxy) is 1. The van der Waals surface area contributed by atoms with Crippen LogP contribution >= 0.6 is 0 Å². The molecule has 1 aromatic carbocycles. The minimum atomic E-state index is -0.487. The molecule has 1 aromatic rings. The second-order valence-corrected chi connectivity index (χ2v) is 3.36. The van der Waals surface area contributed by atoms with Crippen LogP contribution in [-0.2, 0) is 0 Å². The number of hydrogen-bond acceptors (Lipinski definition) is 7. The minimum Gasteiger partial charge on any atom is -0.490 e. The number of amidine groups is 1. The van der Waals surface area contributed by atoms with Gasteiger partial charge in [-0.3, -0.25) is 15.1 Å². The van der Waals surface area contributed by atoms with Crippen LogP contribution in [0.1, 0.15) is 5.56 Å². The Hall–Kier alpha value is -2.35. The average molecular weight is 237 g/mol. The molecule has 0 atom stereocenters. The van der Waals surface area contributed by atoms with E-state index in [4.69, 9.17) is 4.74 Å². The zero-order valence-corrected chi connectivity index (χ0v) is 9.30. The highest BCUT2D eigenvalue weighted by Crippen LogP contribution is 2.28. The molecule has 0 fully saturated rings. The van der Waals surface area contributed by atoms with E-state index in [2.05, 4.69) is 16.2 Å². The van der Waals surface area contributed by atoms with E-state index in [1.54, 1.807) is 24.2 Å². The first-order valence-electron chi connectivity index (χ1n) is 4.78. The Morgan fingerprint density at radius 1 is 1.53 bits per heavy atom. The third-order valence-electron chi connectivity index (χ3n) is 2.33. The molecule has 0 amide bonds. The predicted octanol–water partition coefficient (Wildman–Crippen LogP) is 0.220. The summed E-state index contributed by atoms with van der Waals surface area (Å²) in [7, 11) is 3.16. The molecule has 17 heavy (non-hydrogen) atoms. The van der Waals surface area contributed by atoms with Crippen LogP contribution < -0.4 is 15.8 Å². The van der Waals surface area contributed by atoms with Gasteiger partial charge in [-0.15, -0.1) is 10.6 Å². The summed E-state index contributed by atoms with van der Waals surface area (Å²) in [6, 6.07) is 4.58. The number of methoxy groups -OCH3 is 1. The van der Waals surface area contributed by atoms with Gasteiger partial charge in [-0.2, -0.15) is 0 Å². The fourth-order valence-corrected chi connectivity index (χ4v) is 1.51. The lowest BCUT2D eigenvalue weighted by molar-refractivity contribution is -0.385. The van der Waals surface area contributed by atoms with Crippen LogP contribution in [-0.4, -0.2) is 29.9 Å². The fourth-order valence-electron chi connectivity index (χ4n) is 1.51. The molecule has 2 rings (SSSR count). The highest BCUT2D eigenvalue weighted by atomic mass is 16.6. The van der Waals surface area contributed by atoms with Gasteiger partial charge >= 0.3 is 5.69 Å². The van der Waals surface area contributed by atoms with Crippen molar-refractivity contribution in [3.8, 4) is 5.75 Å². The molecule has 0 aromatic heterocycles. The Balaban J connectivity index is 2.41. The van der Waals surface area contributed by atoms with E-state index in [0.717, 1.165) is 0 Å². The Morgan fingerprint density at radius 2 is 2.29 bits per heavy atom. The van der Waals surface area contributed by atoms with Gasteiger partial charge in [-0.1, -0.05) is 0 Å². The molecule has 90 valence electrons. The molecule has 8 heteroatoms. The van der Waals surface area contributed by atoms with E-state index in [1.165, 1.54) is 13.2 Å². The molecule has 0 radical (unpaired) electrons. The summed E-state index contributed by atoms with van der Waals surface area (Å²) in [5, 5.41) is 16.4. The zero-order valence-electron chi connectivity index (χ0n) is 9.30. The van der Waals surface area contributed by atoms with Gasteiger partial charge in [-0.25, -0.2) is 5.53 Å². The number of nitro benzene ring substituents is 1. The first-order valence-corrected chi connectivity index (χ1v) is 4.78. The standard InChI is InChI=1S/C9H11N5O3/c1-13-9(10-11-12-13)6-3-4-7(14(15)16)8(5-6)17-2/h3-5,11-12H,1-2H3. The first kappa shape index (κ1) is 11.1. The molecule has 1 aliphatic rings. The van der Waals surface area contributed by atoms with Crippen molar-refractivity contribution in [2.45, 2.75) is 0 Å². The second kappa shape index (κ2) is 4.26. The molecule has 0 bridgehead atoms. The maximum atomic E-state index is 10.7. The molecule has 0 saturated carbocycles. The Morgan fingerprint density at radius 3 is 2.82 bits per heavy atom.